The van der Waals surface area contributed by atoms with E-state index < -0.39 is 30.1 Å². The van der Waals surface area contributed by atoms with Gasteiger partial charge in [-0.2, -0.15) is 5.10 Å². The second-order valence-electron chi connectivity index (χ2n) is 8.42. The summed E-state index contributed by atoms with van der Waals surface area (Å²) in [7, 11) is 0. The first-order chi connectivity index (χ1) is 20.2. The summed E-state index contributed by atoms with van der Waals surface area (Å²) >= 11 is 11.8. The minimum absolute atomic E-state index is 0.270. The Morgan fingerprint density at radius 3 is 2.17 bits per heavy atom. The summed E-state index contributed by atoms with van der Waals surface area (Å²) < 4.78 is 16.2. The number of ether oxygens (including phenoxy) is 3. The van der Waals surface area contributed by atoms with Crippen molar-refractivity contribution in [2.45, 2.75) is 20.3 Å². The zero-order chi connectivity index (χ0) is 30.5. The molecule has 3 aromatic carbocycles. The number of carbonyl (C=O) groups excluding carboxylic acids is 4. The summed E-state index contributed by atoms with van der Waals surface area (Å²) in [5.41, 5.74) is 4.12. The van der Waals surface area contributed by atoms with Gasteiger partial charge in [0.1, 0.15) is 6.42 Å². The lowest BCUT2D eigenvalue weighted by molar-refractivity contribution is -0.126. The molecule has 0 heterocycles. The first kappa shape index (κ1) is 31.9. The maximum absolute atomic E-state index is 12.4. The fourth-order valence-electron chi connectivity index (χ4n) is 3.38. The molecule has 0 fully saturated rings. The molecule has 0 aromatic heterocycles. The van der Waals surface area contributed by atoms with Gasteiger partial charge in [-0.3, -0.25) is 14.4 Å². The molecule has 0 aliphatic rings. The molecule has 3 aromatic rings. The number of hydrazone groups is 1. The van der Waals surface area contributed by atoms with Crippen LogP contribution in [0.5, 0.6) is 11.5 Å². The molecule has 3 amide bonds. The fourth-order valence-corrected chi connectivity index (χ4v) is 3.68. The molecule has 0 unspecified atom stereocenters. The average molecular weight is 615 g/mol. The number of carbonyl (C=O) groups is 4. The van der Waals surface area contributed by atoms with Crippen LogP contribution in [0.2, 0.25) is 10.0 Å². The molecule has 0 spiro atoms. The highest BCUT2D eigenvalue weighted by Gasteiger charge is 2.12. The maximum Gasteiger partial charge on any atom is 0.338 e. The molecule has 0 saturated heterocycles. The predicted octanol–water partition coefficient (Wildman–Crippen LogP) is 5.07. The third-order valence-corrected chi connectivity index (χ3v) is 5.97. The van der Waals surface area contributed by atoms with E-state index in [9.17, 15) is 19.2 Å². The van der Waals surface area contributed by atoms with Crippen molar-refractivity contribution in [3.8, 4) is 11.5 Å². The van der Waals surface area contributed by atoms with Gasteiger partial charge in [0.05, 0.1) is 35.0 Å². The van der Waals surface area contributed by atoms with E-state index in [0.717, 1.165) is 0 Å². The second-order valence-corrected chi connectivity index (χ2v) is 9.24. The molecule has 0 saturated carbocycles. The van der Waals surface area contributed by atoms with E-state index in [1.165, 1.54) is 18.3 Å². The zero-order valence-electron chi connectivity index (χ0n) is 22.7. The predicted molar refractivity (Wildman–Crippen MR) is 160 cm³/mol. The van der Waals surface area contributed by atoms with Crippen molar-refractivity contribution >= 4 is 64.5 Å². The van der Waals surface area contributed by atoms with Crippen molar-refractivity contribution in [1.82, 2.24) is 5.43 Å². The minimum Gasteiger partial charge on any atom is -0.490 e. The quantitative estimate of drug-likeness (QED) is 0.105. The standard InChI is InChI=1S/C29H28Cl2N4O7/c1-3-40-25-13-18(16-32-35-27(37)15-26(36)34-21-10-11-22(30)23(31)14-21)5-12-24(25)42-17-28(38)33-20-8-6-19(7-9-20)29(39)41-4-2/h5-14,16H,3-4,15,17H2,1-2H3,(H,33,38)(H,34,36)(H,35,37). The van der Waals surface area contributed by atoms with Crippen LogP contribution in [0.3, 0.4) is 0 Å². The molecular formula is C29H28Cl2N4O7. The number of hydrogen-bond donors (Lipinski definition) is 3. The molecule has 0 radical (unpaired) electrons. The smallest absolute Gasteiger partial charge is 0.338 e. The van der Waals surface area contributed by atoms with Gasteiger partial charge in [-0.25, -0.2) is 10.2 Å². The highest BCUT2D eigenvalue weighted by Crippen LogP contribution is 2.28. The normalized spacial score (nSPS) is 10.6. The number of halogens is 2. The van der Waals surface area contributed by atoms with Crippen LogP contribution >= 0.6 is 23.2 Å². The molecule has 42 heavy (non-hydrogen) atoms. The number of nitrogens with zero attached hydrogens (tertiary/aromatic N) is 1. The number of anilines is 2. The minimum atomic E-state index is -0.629. The Morgan fingerprint density at radius 2 is 1.48 bits per heavy atom. The summed E-state index contributed by atoms with van der Waals surface area (Å²) in [5, 5.41) is 9.72. The molecule has 0 bridgehead atoms. The maximum atomic E-state index is 12.4. The van der Waals surface area contributed by atoms with Crippen molar-refractivity contribution in [3.05, 3.63) is 81.8 Å². The van der Waals surface area contributed by atoms with Gasteiger partial charge < -0.3 is 24.8 Å². The van der Waals surface area contributed by atoms with E-state index in [0.29, 0.717) is 45.6 Å². The zero-order valence-corrected chi connectivity index (χ0v) is 24.3. The molecule has 220 valence electrons. The highest BCUT2D eigenvalue weighted by molar-refractivity contribution is 6.42. The van der Waals surface area contributed by atoms with E-state index in [1.807, 2.05) is 0 Å². The van der Waals surface area contributed by atoms with Crippen LogP contribution in [0.4, 0.5) is 11.4 Å². The SMILES string of the molecule is CCOC(=O)c1ccc(NC(=O)COc2ccc(C=NNC(=O)CC(=O)Nc3ccc(Cl)c(Cl)c3)cc2OCC)cc1. The van der Waals surface area contributed by atoms with Crippen LogP contribution in [0.15, 0.2) is 65.8 Å². The van der Waals surface area contributed by atoms with Gasteiger partial charge >= 0.3 is 5.97 Å². The van der Waals surface area contributed by atoms with Crippen LogP contribution in [-0.2, 0) is 19.1 Å². The van der Waals surface area contributed by atoms with E-state index in [-0.39, 0.29) is 18.2 Å². The van der Waals surface area contributed by atoms with Crippen LogP contribution in [0, 0.1) is 0 Å². The second kappa shape index (κ2) is 16.0. The lowest BCUT2D eigenvalue weighted by atomic mass is 10.2. The monoisotopic (exact) mass is 614 g/mol. The van der Waals surface area contributed by atoms with E-state index in [2.05, 4.69) is 21.2 Å². The molecule has 3 N–H and O–H groups in total. The summed E-state index contributed by atoms with van der Waals surface area (Å²) in [6.07, 6.45) is 0.903. The number of hydrogen-bond acceptors (Lipinski definition) is 8. The van der Waals surface area contributed by atoms with Crippen LogP contribution in [-0.4, -0.2) is 49.7 Å². The number of nitrogens with one attached hydrogen (secondary N) is 3. The summed E-state index contributed by atoms with van der Waals surface area (Å²) in [6.45, 7) is 3.82. The van der Waals surface area contributed by atoms with Gasteiger partial charge in [-0.1, -0.05) is 23.2 Å². The van der Waals surface area contributed by atoms with Crippen LogP contribution in [0.25, 0.3) is 0 Å². The number of rotatable bonds is 13. The van der Waals surface area contributed by atoms with E-state index >= 15 is 0 Å². The average Bonchev–Trinajstić information content (AvgIpc) is 2.95. The lowest BCUT2D eigenvalue weighted by Crippen LogP contribution is -2.24. The molecule has 3 rings (SSSR count). The number of benzene rings is 3. The third kappa shape index (κ3) is 10.1. The molecule has 0 aliphatic heterocycles. The van der Waals surface area contributed by atoms with E-state index in [4.69, 9.17) is 37.4 Å². The number of amides is 3. The Bertz CT molecular complexity index is 1460. The van der Waals surface area contributed by atoms with Crippen LogP contribution < -0.4 is 25.5 Å². The van der Waals surface area contributed by atoms with Crippen molar-refractivity contribution in [2.24, 2.45) is 5.10 Å². The van der Waals surface area contributed by atoms with E-state index in [1.54, 1.807) is 62.4 Å². The van der Waals surface area contributed by atoms with Crippen molar-refractivity contribution in [3.63, 3.8) is 0 Å². The van der Waals surface area contributed by atoms with Gasteiger partial charge in [0, 0.05) is 11.4 Å². The van der Waals surface area contributed by atoms with Gasteiger partial charge in [0.2, 0.25) is 11.8 Å². The summed E-state index contributed by atoms with van der Waals surface area (Å²) in [6, 6.07) is 15.7. The molecule has 13 heteroatoms. The molecule has 0 aliphatic carbocycles. The fraction of sp³-hybridized carbons (Fsp3) is 0.207. The lowest BCUT2D eigenvalue weighted by Gasteiger charge is -2.13. The van der Waals surface area contributed by atoms with Gasteiger partial charge in [0.15, 0.2) is 18.1 Å². The van der Waals surface area contributed by atoms with Crippen LogP contribution in [0.1, 0.15) is 36.2 Å². The van der Waals surface area contributed by atoms with Gasteiger partial charge in [-0.05, 0) is 80.1 Å². The van der Waals surface area contributed by atoms with Crippen molar-refractivity contribution in [1.29, 1.82) is 0 Å². The molecule has 0 atom stereocenters. The Hall–Kier alpha value is -4.61. The van der Waals surface area contributed by atoms with Crippen molar-refractivity contribution < 1.29 is 33.4 Å². The largest absolute Gasteiger partial charge is 0.490 e. The van der Waals surface area contributed by atoms with Gasteiger partial charge in [0.25, 0.3) is 5.91 Å². The molecule has 11 nitrogen and oxygen atoms in total. The number of esters is 1. The third-order valence-electron chi connectivity index (χ3n) is 5.23. The Labute approximate surface area is 252 Å². The first-order valence-corrected chi connectivity index (χ1v) is 13.5. The Morgan fingerprint density at radius 1 is 0.762 bits per heavy atom. The Balaban J connectivity index is 1.50. The first-order valence-electron chi connectivity index (χ1n) is 12.7. The topological polar surface area (TPSA) is 144 Å². The summed E-state index contributed by atoms with van der Waals surface area (Å²) in [4.78, 5) is 48.3. The summed E-state index contributed by atoms with van der Waals surface area (Å²) in [5.74, 6) is -1.36. The van der Waals surface area contributed by atoms with Crippen molar-refractivity contribution in [2.75, 3.05) is 30.5 Å². The van der Waals surface area contributed by atoms with Gasteiger partial charge in [-0.15, -0.1) is 0 Å². The molecular weight excluding hydrogens is 587 g/mol. The Kier molecular flexibility index (Phi) is 12.1. The highest BCUT2D eigenvalue weighted by atomic mass is 35.5.